The van der Waals surface area contributed by atoms with Crippen molar-refractivity contribution < 1.29 is 0 Å². The molecule has 0 unspecified atom stereocenters. The van der Waals surface area contributed by atoms with E-state index in [-0.39, 0.29) is 23.9 Å². The van der Waals surface area contributed by atoms with Crippen LogP contribution in [0, 0.1) is 0 Å². The van der Waals surface area contributed by atoms with Gasteiger partial charge in [0.25, 0.3) is 0 Å². The van der Waals surface area contributed by atoms with E-state index in [4.69, 9.17) is 39.9 Å². The van der Waals surface area contributed by atoms with Crippen molar-refractivity contribution in [3.05, 3.63) is 104 Å². The van der Waals surface area contributed by atoms with Crippen molar-refractivity contribution in [2.75, 3.05) is 0 Å². The molecule has 0 amide bonds. The van der Waals surface area contributed by atoms with Crippen LogP contribution in [0.5, 0.6) is 0 Å². The zero-order valence-electron chi connectivity index (χ0n) is 21.6. The van der Waals surface area contributed by atoms with Crippen LogP contribution in [0.15, 0.2) is 80.7 Å². The monoisotopic (exact) mass is 634 g/mol. The van der Waals surface area contributed by atoms with E-state index in [1.54, 1.807) is 0 Å². The van der Waals surface area contributed by atoms with Gasteiger partial charge in [-0.25, -0.2) is 0 Å². The standard InChI is InChI=1S/C32H18N8.Sn/c1-2-10-18-17(9-1)25-33-26(18)38-28-21-13-5-6-14-22(21)30(35-28)40-32-24-16-8-7-15-23(24)31(36-32)39-29-20-12-4-3-11-19(20)27(34-29)37-25;/h1-5,8-16H,6-7H2;/q-4;+4. The predicted molar refractivity (Wildman–Crippen MR) is 159 cm³/mol. The van der Waals surface area contributed by atoms with Gasteiger partial charge in [0, 0.05) is 45.2 Å². The molecule has 0 saturated carbocycles. The fraction of sp³-hybridized carbons (Fsp3) is 0.0625. The maximum absolute atomic E-state index is 4.98. The number of rotatable bonds is 0. The van der Waals surface area contributed by atoms with Crippen LogP contribution in [0.3, 0.4) is 0 Å². The second-order valence-electron chi connectivity index (χ2n) is 9.91. The molecule has 9 heteroatoms. The smallest absolute Gasteiger partial charge is 0.357 e. The van der Waals surface area contributed by atoms with E-state index in [9.17, 15) is 0 Å². The number of aromatic nitrogens is 4. The summed E-state index contributed by atoms with van der Waals surface area (Å²) in [6.45, 7) is 0. The van der Waals surface area contributed by atoms with E-state index in [1.165, 1.54) is 0 Å². The normalized spacial score (nSPS) is 17.8. The Morgan fingerprint density at radius 1 is 0.463 bits per heavy atom. The summed E-state index contributed by atoms with van der Waals surface area (Å²) in [5.41, 5.74) is 4.18. The van der Waals surface area contributed by atoms with Gasteiger partial charge in [0.2, 0.25) is 0 Å². The van der Waals surface area contributed by atoms with E-state index >= 15 is 0 Å². The molecule has 0 N–H and O–H groups in total. The quantitative estimate of drug-likeness (QED) is 0.238. The van der Waals surface area contributed by atoms with Crippen LogP contribution in [0.1, 0.15) is 24.0 Å². The molecule has 8 bridgehead atoms. The van der Waals surface area contributed by atoms with Gasteiger partial charge in [-0.3, -0.25) is 0 Å². The first-order valence-electron chi connectivity index (χ1n) is 13.2. The Bertz CT molecular complexity index is 2500. The molecule has 5 heterocycles. The number of hydrogen-bond acceptors (Lipinski definition) is 4. The average molecular weight is 633 g/mol. The van der Waals surface area contributed by atoms with Gasteiger partial charge in [0.05, 0.1) is 0 Å². The molecule has 0 spiro atoms. The molecule has 8 nitrogen and oxygen atoms in total. The molecule has 2 aromatic carbocycles. The molecular formula is C32H18N8Sn. The third-order valence-electron chi connectivity index (χ3n) is 7.54. The van der Waals surface area contributed by atoms with Crippen LogP contribution in [0.25, 0.3) is 45.8 Å². The molecule has 190 valence electrons. The van der Waals surface area contributed by atoms with Crippen LogP contribution in [0.2, 0.25) is 0 Å². The molecule has 0 saturated heterocycles. The topological polar surface area (TPSA) is 106 Å². The summed E-state index contributed by atoms with van der Waals surface area (Å²) in [5, 5.41) is 5.53. The average Bonchev–Trinajstić information content (AvgIpc) is 3.73. The van der Waals surface area contributed by atoms with E-state index in [1.807, 2.05) is 48.5 Å². The summed E-state index contributed by atoms with van der Waals surface area (Å²) in [4.78, 5) is 39.4. The minimum absolute atomic E-state index is 0. The second-order valence-corrected chi connectivity index (χ2v) is 9.91. The third-order valence-corrected chi connectivity index (χ3v) is 7.54. The molecule has 2 aliphatic carbocycles. The van der Waals surface area contributed by atoms with E-state index in [0.717, 1.165) is 56.0 Å². The molecular weight excluding hydrogens is 615 g/mol. The Morgan fingerprint density at radius 3 is 1.44 bits per heavy atom. The van der Waals surface area contributed by atoms with Crippen LogP contribution in [-0.4, -0.2) is 23.9 Å². The van der Waals surface area contributed by atoms with Gasteiger partial charge in [-0.1, -0.05) is 85.0 Å². The van der Waals surface area contributed by atoms with Gasteiger partial charge in [0.1, 0.15) is 0 Å². The van der Waals surface area contributed by atoms with Crippen molar-refractivity contribution in [2.24, 2.45) is 20.0 Å². The van der Waals surface area contributed by atoms with Crippen molar-refractivity contribution in [3.8, 4) is 0 Å². The predicted octanol–water partition coefficient (Wildman–Crippen LogP) is 1.95. The summed E-state index contributed by atoms with van der Waals surface area (Å²) >= 11 is 0. The molecule has 1 aliphatic heterocycles. The number of hydrogen-bond donors (Lipinski definition) is 0. The SMILES string of the molecule is C1=Cc2c3[n-]/c(c2=CC1)=N\c1[n-]/c(c2c1C=CCC=2)=N\c1[n-]c(c2ccccc12)/N=c1\[n-]/c(c2ccccc12)=N\3.[Sn+4]. The van der Waals surface area contributed by atoms with Crippen molar-refractivity contribution in [2.45, 2.75) is 12.8 Å². The van der Waals surface area contributed by atoms with Crippen molar-refractivity contribution in [1.82, 2.24) is 19.9 Å². The molecule has 0 atom stereocenters. The van der Waals surface area contributed by atoms with Gasteiger partial charge >= 0.3 is 23.9 Å². The van der Waals surface area contributed by atoms with E-state index in [0.29, 0.717) is 45.2 Å². The van der Waals surface area contributed by atoms with Gasteiger partial charge in [-0.15, -0.1) is 0 Å². The fourth-order valence-corrected chi connectivity index (χ4v) is 5.67. The van der Waals surface area contributed by atoms with Gasteiger partial charge in [-0.2, -0.15) is 0 Å². The Balaban J connectivity index is 0.00000256. The zero-order chi connectivity index (χ0) is 26.2. The summed E-state index contributed by atoms with van der Waals surface area (Å²) in [6.07, 6.45) is 14.2. The Morgan fingerprint density at radius 2 is 0.902 bits per heavy atom. The number of benzene rings is 2. The third kappa shape index (κ3) is 3.67. The first-order chi connectivity index (χ1) is 19.8. The van der Waals surface area contributed by atoms with Crippen molar-refractivity contribution in [1.29, 1.82) is 0 Å². The van der Waals surface area contributed by atoms with Gasteiger partial charge < -0.3 is 39.9 Å². The number of nitrogens with zero attached hydrogens (tertiary/aromatic N) is 8. The fourth-order valence-electron chi connectivity index (χ4n) is 5.67. The maximum atomic E-state index is 4.98. The van der Waals surface area contributed by atoms with Crippen LogP contribution in [0.4, 0.5) is 23.3 Å². The van der Waals surface area contributed by atoms with E-state index in [2.05, 4.69) is 36.5 Å². The van der Waals surface area contributed by atoms with Gasteiger partial charge in [-0.05, 0) is 56.0 Å². The largest absolute Gasteiger partial charge is 4.00 e. The summed E-state index contributed by atoms with van der Waals surface area (Å²) in [7, 11) is 0. The number of fused-ring (bicyclic) bond motifs is 20. The van der Waals surface area contributed by atoms with Crippen LogP contribution >= 0.6 is 0 Å². The molecule has 0 fully saturated rings. The first-order valence-corrected chi connectivity index (χ1v) is 13.2. The summed E-state index contributed by atoms with van der Waals surface area (Å²) in [5.74, 6) is 2.30. The zero-order valence-corrected chi connectivity index (χ0v) is 24.4. The van der Waals surface area contributed by atoms with Crippen molar-refractivity contribution >= 4 is 93.0 Å². The van der Waals surface area contributed by atoms with Crippen LogP contribution < -0.4 is 52.3 Å². The maximum Gasteiger partial charge on any atom is 4.00 e. The van der Waals surface area contributed by atoms with Crippen LogP contribution in [-0.2, 0) is 0 Å². The molecule has 0 radical (unpaired) electrons. The van der Waals surface area contributed by atoms with Crippen molar-refractivity contribution in [3.63, 3.8) is 0 Å². The Labute approximate surface area is 249 Å². The molecule has 6 aromatic rings. The second kappa shape index (κ2) is 9.17. The minimum atomic E-state index is 0. The summed E-state index contributed by atoms with van der Waals surface area (Å²) < 4.78 is 0. The summed E-state index contributed by atoms with van der Waals surface area (Å²) in [6, 6.07) is 16.0. The molecule has 4 aromatic heterocycles. The Kier molecular flexibility index (Phi) is 5.39. The van der Waals surface area contributed by atoms with E-state index < -0.39 is 0 Å². The molecule has 9 rings (SSSR count). The molecule has 3 aliphatic rings. The Hall–Kier alpha value is -4.70. The molecule has 41 heavy (non-hydrogen) atoms. The van der Waals surface area contributed by atoms with Gasteiger partial charge in [0.15, 0.2) is 0 Å². The number of allylic oxidation sites excluding steroid dienone is 2. The first kappa shape index (κ1) is 24.1. The minimum Gasteiger partial charge on any atom is -0.357 e.